The molecule has 0 heterocycles. The average Bonchev–Trinajstić information content (AvgIpc) is 2.41. The molecule has 106 valence electrons. The monoisotopic (exact) mass is 401 g/mol. The Balaban J connectivity index is 2.20. The predicted octanol–water partition coefficient (Wildman–Crippen LogP) is 5.28. The lowest BCUT2D eigenvalue weighted by molar-refractivity contribution is 0.412. The van der Waals surface area contributed by atoms with Crippen molar-refractivity contribution >= 4 is 37.5 Å². The summed E-state index contributed by atoms with van der Waals surface area (Å²) in [5.41, 5.74) is 2.53. The van der Waals surface area contributed by atoms with Gasteiger partial charge in [-0.3, -0.25) is 0 Å². The van der Waals surface area contributed by atoms with E-state index in [1.54, 1.807) is 13.2 Å². The van der Waals surface area contributed by atoms with Crippen LogP contribution >= 0.6 is 31.9 Å². The van der Waals surface area contributed by atoms with Crippen LogP contribution in [0.25, 0.3) is 0 Å². The third-order valence-electron chi connectivity index (χ3n) is 2.91. The van der Waals surface area contributed by atoms with Crippen molar-refractivity contribution in [1.82, 2.24) is 0 Å². The van der Waals surface area contributed by atoms with E-state index in [-0.39, 0.29) is 5.82 Å². The highest BCUT2D eigenvalue weighted by molar-refractivity contribution is 9.11. The molecule has 1 N–H and O–H groups in total. The van der Waals surface area contributed by atoms with Crippen molar-refractivity contribution < 1.29 is 9.13 Å². The molecular weight excluding hydrogens is 389 g/mol. The van der Waals surface area contributed by atoms with Gasteiger partial charge in [0.15, 0.2) is 0 Å². The highest BCUT2D eigenvalue weighted by atomic mass is 79.9. The first-order chi connectivity index (χ1) is 9.51. The van der Waals surface area contributed by atoms with E-state index in [1.165, 1.54) is 6.07 Å². The first-order valence-electron chi connectivity index (χ1n) is 6.03. The normalized spacial score (nSPS) is 10.4. The van der Waals surface area contributed by atoms with E-state index < -0.39 is 0 Å². The molecule has 0 fully saturated rings. The molecule has 0 unspecified atom stereocenters. The molecule has 0 spiro atoms. The summed E-state index contributed by atoms with van der Waals surface area (Å²) in [6.07, 6.45) is 0. The zero-order valence-electron chi connectivity index (χ0n) is 11.1. The molecule has 0 atom stereocenters. The number of benzene rings is 2. The molecule has 2 nitrogen and oxygen atoms in total. The van der Waals surface area contributed by atoms with Crippen molar-refractivity contribution in [3.8, 4) is 5.75 Å². The second-order valence-electron chi connectivity index (χ2n) is 4.42. The Labute approximate surface area is 134 Å². The number of halogens is 3. The van der Waals surface area contributed by atoms with Crippen LogP contribution in [0.5, 0.6) is 5.75 Å². The Bertz CT molecular complexity index is 632. The molecule has 0 aliphatic heterocycles. The first kappa shape index (κ1) is 15.3. The van der Waals surface area contributed by atoms with Gasteiger partial charge >= 0.3 is 0 Å². The number of ether oxygens (including phenoxy) is 1. The molecule has 0 radical (unpaired) electrons. The summed E-state index contributed by atoms with van der Waals surface area (Å²) in [4.78, 5) is 0. The third kappa shape index (κ3) is 3.52. The lowest BCUT2D eigenvalue weighted by Gasteiger charge is -2.12. The molecule has 0 saturated heterocycles. The van der Waals surface area contributed by atoms with Crippen molar-refractivity contribution in [3.63, 3.8) is 0 Å². The fourth-order valence-corrected chi connectivity index (χ4v) is 3.15. The number of hydrogen-bond acceptors (Lipinski definition) is 2. The largest absolute Gasteiger partial charge is 0.495 e. The number of hydrogen-bond donors (Lipinski definition) is 1. The van der Waals surface area contributed by atoms with E-state index in [4.69, 9.17) is 4.74 Å². The van der Waals surface area contributed by atoms with Gasteiger partial charge in [0.05, 0.1) is 17.3 Å². The van der Waals surface area contributed by atoms with Gasteiger partial charge in [0, 0.05) is 22.6 Å². The molecular formula is C15H14Br2FNO. The molecule has 0 saturated carbocycles. The van der Waals surface area contributed by atoms with E-state index in [0.717, 1.165) is 25.9 Å². The number of aryl methyl sites for hydroxylation is 1. The highest BCUT2D eigenvalue weighted by Crippen LogP contribution is 2.34. The zero-order chi connectivity index (χ0) is 14.7. The summed E-state index contributed by atoms with van der Waals surface area (Å²) in [6.45, 7) is 2.36. The lowest BCUT2D eigenvalue weighted by Crippen LogP contribution is -2.03. The topological polar surface area (TPSA) is 21.3 Å². The average molecular weight is 403 g/mol. The fourth-order valence-electron chi connectivity index (χ4n) is 1.85. The smallest absolute Gasteiger partial charge is 0.135 e. The van der Waals surface area contributed by atoms with Crippen molar-refractivity contribution in [3.05, 3.63) is 56.2 Å². The quantitative estimate of drug-likeness (QED) is 0.751. The van der Waals surface area contributed by atoms with Crippen LogP contribution in [0.3, 0.4) is 0 Å². The van der Waals surface area contributed by atoms with Crippen LogP contribution in [0.1, 0.15) is 11.1 Å². The standard InChI is InChI=1S/C15H14Br2FNO/c1-9-3-4-13(18)10(5-9)8-19-14-7-15(20-2)12(17)6-11(14)16/h3-7,19H,8H2,1-2H3. The first-order valence-corrected chi connectivity index (χ1v) is 7.62. The molecule has 20 heavy (non-hydrogen) atoms. The Morgan fingerprint density at radius 2 is 1.90 bits per heavy atom. The van der Waals surface area contributed by atoms with Crippen LogP contribution in [-0.2, 0) is 6.54 Å². The molecule has 0 amide bonds. The minimum absolute atomic E-state index is 0.205. The molecule has 0 aromatic heterocycles. The van der Waals surface area contributed by atoms with Gasteiger partial charge in [0.1, 0.15) is 11.6 Å². The number of rotatable bonds is 4. The van der Waals surface area contributed by atoms with Gasteiger partial charge in [-0.2, -0.15) is 0 Å². The summed E-state index contributed by atoms with van der Waals surface area (Å²) in [7, 11) is 1.61. The Morgan fingerprint density at radius 1 is 1.15 bits per heavy atom. The van der Waals surface area contributed by atoms with E-state index in [9.17, 15) is 4.39 Å². The number of nitrogens with one attached hydrogen (secondary N) is 1. The van der Waals surface area contributed by atoms with Crippen LogP contribution < -0.4 is 10.1 Å². The molecule has 2 aromatic carbocycles. The predicted molar refractivity (Wildman–Crippen MR) is 86.9 cm³/mol. The van der Waals surface area contributed by atoms with Crippen LogP contribution in [0, 0.1) is 12.7 Å². The summed E-state index contributed by atoms with van der Waals surface area (Å²) < 4.78 is 20.7. The number of anilines is 1. The SMILES string of the molecule is COc1cc(NCc2cc(C)ccc2F)c(Br)cc1Br. The molecule has 2 rings (SSSR count). The van der Waals surface area contributed by atoms with Crippen LogP contribution in [0.15, 0.2) is 39.3 Å². The minimum Gasteiger partial charge on any atom is -0.495 e. The summed E-state index contributed by atoms with van der Waals surface area (Å²) >= 11 is 6.89. The summed E-state index contributed by atoms with van der Waals surface area (Å²) in [5.74, 6) is 0.517. The molecule has 0 bridgehead atoms. The van der Waals surface area contributed by atoms with Crippen LogP contribution in [-0.4, -0.2) is 7.11 Å². The molecule has 2 aromatic rings. The van der Waals surface area contributed by atoms with Crippen molar-refractivity contribution in [1.29, 1.82) is 0 Å². The van der Waals surface area contributed by atoms with E-state index in [1.807, 2.05) is 25.1 Å². The highest BCUT2D eigenvalue weighted by Gasteiger charge is 2.08. The zero-order valence-corrected chi connectivity index (χ0v) is 14.3. The maximum Gasteiger partial charge on any atom is 0.135 e. The molecule has 5 heteroatoms. The van der Waals surface area contributed by atoms with Gasteiger partial charge in [-0.1, -0.05) is 17.7 Å². The van der Waals surface area contributed by atoms with Gasteiger partial charge in [0.2, 0.25) is 0 Å². The Morgan fingerprint density at radius 3 is 2.60 bits per heavy atom. The van der Waals surface area contributed by atoms with Gasteiger partial charge < -0.3 is 10.1 Å². The van der Waals surface area contributed by atoms with E-state index in [0.29, 0.717) is 12.1 Å². The van der Waals surface area contributed by atoms with Gasteiger partial charge in [-0.15, -0.1) is 0 Å². The second-order valence-corrected chi connectivity index (χ2v) is 6.12. The molecule has 0 aliphatic carbocycles. The van der Waals surface area contributed by atoms with Crippen molar-refractivity contribution in [2.45, 2.75) is 13.5 Å². The third-order valence-corrected chi connectivity index (χ3v) is 4.19. The van der Waals surface area contributed by atoms with Gasteiger partial charge in [-0.05, 0) is 50.9 Å². The Kier molecular flexibility index (Phi) is 5.05. The van der Waals surface area contributed by atoms with Crippen LogP contribution in [0.4, 0.5) is 10.1 Å². The van der Waals surface area contributed by atoms with E-state index in [2.05, 4.69) is 37.2 Å². The summed E-state index contributed by atoms with van der Waals surface area (Å²) in [5, 5.41) is 3.21. The fraction of sp³-hybridized carbons (Fsp3) is 0.200. The summed E-state index contributed by atoms with van der Waals surface area (Å²) in [6, 6.07) is 8.85. The van der Waals surface area contributed by atoms with E-state index >= 15 is 0 Å². The van der Waals surface area contributed by atoms with Crippen molar-refractivity contribution in [2.75, 3.05) is 12.4 Å². The van der Waals surface area contributed by atoms with Crippen molar-refractivity contribution in [2.24, 2.45) is 0 Å². The minimum atomic E-state index is -0.205. The van der Waals surface area contributed by atoms with Gasteiger partial charge in [-0.25, -0.2) is 4.39 Å². The maximum absolute atomic E-state index is 13.7. The van der Waals surface area contributed by atoms with Gasteiger partial charge in [0.25, 0.3) is 0 Å². The number of methoxy groups -OCH3 is 1. The second kappa shape index (κ2) is 6.59. The Hall–Kier alpha value is -1.07. The van der Waals surface area contributed by atoms with Crippen LogP contribution in [0.2, 0.25) is 0 Å². The maximum atomic E-state index is 13.7. The molecule has 0 aliphatic rings. The lowest BCUT2D eigenvalue weighted by atomic mass is 10.1.